The number of nitrogens with one attached hydrogen (secondary N) is 1. The largest absolute Gasteiger partial charge is 0.441 e. The summed E-state index contributed by atoms with van der Waals surface area (Å²) in [6, 6.07) is 8.83. The van der Waals surface area contributed by atoms with Crippen LogP contribution in [-0.4, -0.2) is 54.9 Å². The van der Waals surface area contributed by atoms with Gasteiger partial charge in [0.25, 0.3) is 0 Å². The lowest BCUT2D eigenvalue weighted by Gasteiger charge is -2.24. The summed E-state index contributed by atoms with van der Waals surface area (Å²) in [4.78, 5) is 11.5. The average Bonchev–Trinajstić information content (AvgIpc) is 2.99. The number of carbonyl (C=O) groups excluding carboxylic acids is 1. The molecule has 2 fully saturated rings. The standard InChI is InChI=1S/C14H17NO7S2/c1-23-13-9-10(21-14(16)15-9)11(12(13)22-24(17,18)19)20-7-8-5-3-2-4-6-8/h2-6,9-13H,7H2,1H3,(H,15,16)(H,17,18,19)/t9-,10+,11-,12+,13+/m1/s1. The molecule has 24 heavy (non-hydrogen) atoms. The van der Waals surface area contributed by atoms with Gasteiger partial charge in [-0.2, -0.15) is 20.2 Å². The van der Waals surface area contributed by atoms with E-state index < -0.39 is 46.1 Å². The third kappa shape index (κ3) is 3.67. The highest BCUT2D eigenvalue weighted by Gasteiger charge is 2.59. The van der Waals surface area contributed by atoms with Crippen molar-refractivity contribution in [2.45, 2.75) is 36.2 Å². The Hall–Kier alpha value is -1.33. The van der Waals surface area contributed by atoms with Crippen molar-refractivity contribution in [1.82, 2.24) is 5.32 Å². The molecule has 1 amide bonds. The minimum Gasteiger partial charge on any atom is -0.441 e. The summed E-state index contributed by atoms with van der Waals surface area (Å²) in [5, 5.41) is 2.20. The highest BCUT2D eigenvalue weighted by atomic mass is 32.3. The van der Waals surface area contributed by atoms with E-state index in [2.05, 4.69) is 5.32 Å². The van der Waals surface area contributed by atoms with Crippen LogP contribution in [-0.2, 0) is 30.7 Å². The molecule has 132 valence electrons. The summed E-state index contributed by atoms with van der Waals surface area (Å²) < 4.78 is 47.3. The highest BCUT2D eigenvalue weighted by molar-refractivity contribution is 7.99. The molecule has 1 saturated heterocycles. The molecule has 0 aromatic heterocycles. The van der Waals surface area contributed by atoms with Crippen LogP contribution in [0.4, 0.5) is 4.79 Å². The van der Waals surface area contributed by atoms with Gasteiger partial charge in [0.2, 0.25) is 0 Å². The van der Waals surface area contributed by atoms with Gasteiger partial charge in [-0.1, -0.05) is 30.3 Å². The van der Waals surface area contributed by atoms with Gasteiger partial charge in [0.05, 0.1) is 17.9 Å². The van der Waals surface area contributed by atoms with Crippen molar-refractivity contribution in [3.63, 3.8) is 0 Å². The average molecular weight is 375 g/mol. The quantitative estimate of drug-likeness (QED) is 0.708. The molecular weight excluding hydrogens is 358 g/mol. The molecular formula is C14H17NO7S2. The van der Waals surface area contributed by atoms with E-state index in [-0.39, 0.29) is 6.61 Å². The van der Waals surface area contributed by atoms with E-state index in [1.807, 2.05) is 30.3 Å². The van der Waals surface area contributed by atoms with Gasteiger partial charge in [-0.25, -0.2) is 8.98 Å². The summed E-state index contributed by atoms with van der Waals surface area (Å²) in [5.74, 6) is 0. The first-order chi connectivity index (χ1) is 11.4. The number of hydrogen-bond acceptors (Lipinski definition) is 7. The Labute approximate surface area is 143 Å². The molecule has 8 nitrogen and oxygen atoms in total. The number of rotatable bonds is 6. The van der Waals surface area contributed by atoms with Crippen molar-refractivity contribution < 1.29 is 31.4 Å². The molecule has 1 aliphatic heterocycles. The summed E-state index contributed by atoms with van der Waals surface area (Å²) in [6.45, 7) is 0.193. The molecule has 0 radical (unpaired) electrons. The number of amides is 1. The number of ether oxygens (including phenoxy) is 2. The van der Waals surface area contributed by atoms with Gasteiger partial charge >= 0.3 is 16.5 Å². The molecule has 0 unspecified atom stereocenters. The lowest BCUT2D eigenvalue weighted by Crippen LogP contribution is -2.41. The van der Waals surface area contributed by atoms with Crippen molar-refractivity contribution in [3.05, 3.63) is 35.9 Å². The Morgan fingerprint density at radius 1 is 1.29 bits per heavy atom. The Kier molecular flexibility index (Phi) is 5.02. The van der Waals surface area contributed by atoms with Crippen LogP contribution in [0, 0.1) is 0 Å². The van der Waals surface area contributed by atoms with E-state index in [0.29, 0.717) is 0 Å². The van der Waals surface area contributed by atoms with Crippen LogP contribution in [0.1, 0.15) is 5.56 Å². The van der Waals surface area contributed by atoms with Crippen molar-refractivity contribution >= 4 is 28.3 Å². The number of hydrogen-bond donors (Lipinski definition) is 2. The Balaban J connectivity index is 1.81. The smallest absolute Gasteiger partial charge is 0.407 e. The number of carbonyl (C=O) groups is 1. The SMILES string of the molecule is CS[C@H]1[C@@H]2NC(=O)O[C@@H]2[C@@H](OCc2ccccc2)[C@@H]1OS(=O)(=O)O. The zero-order valence-corrected chi connectivity index (χ0v) is 14.3. The van der Waals surface area contributed by atoms with Crippen LogP contribution in [0.2, 0.25) is 0 Å². The van der Waals surface area contributed by atoms with Gasteiger partial charge in [0.1, 0.15) is 12.2 Å². The molecule has 10 heteroatoms. The molecule has 2 aliphatic rings. The maximum absolute atomic E-state index is 11.5. The molecule has 2 N–H and O–H groups in total. The Morgan fingerprint density at radius 2 is 2.00 bits per heavy atom. The summed E-state index contributed by atoms with van der Waals surface area (Å²) in [7, 11) is -4.67. The normalized spacial score (nSPS) is 32.2. The molecule has 1 heterocycles. The minimum atomic E-state index is -4.67. The van der Waals surface area contributed by atoms with E-state index >= 15 is 0 Å². The van der Waals surface area contributed by atoms with E-state index in [1.165, 1.54) is 11.8 Å². The predicted molar refractivity (Wildman–Crippen MR) is 85.9 cm³/mol. The van der Waals surface area contributed by atoms with Crippen LogP contribution in [0.15, 0.2) is 30.3 Å². The summed E-state index contributed by atoms with van der Waals surface area (Å²) >= 11 is 1.31. The van der Waals surface area contributed by atoms with Gasteiger partial charge in [-0.05, 0) is 11.8 Å². The summed E-state index contributed by atoms with van der Waals surface area (Å²) in [6.07, 6.45) is -1.32. The maximum atomic E-state index is 11.5. The van der Waals surface area contributed by atoms with Gasteiger partial charge < -0.3 is 14.8 Å². The first-order valence-electron chi connectivity index (χ1n) is 7.20. The number of benzene rings is 1. The monoisotopic (exact) mass is 375 g/mol. The second-order valence-electron chi connectivity index (χ2n) is 5.49. The fourth-order valence-corrected chi connectivity index (χ4v) is 4.63. The van der Waals surface area contributed by atoms with Crippen LogP contribution >= 0.6 is 11.8 Å². The van der Waals surface area contributed by atoms with Crippen molar-refractivity contribution in [2.75, 3.05) is 6.26 Å². The third-order valence-electron chi connectivity index (χ3n) is 4.00. The fourth-order valence-electron chi connectivity index (χ4n) is 3.05. The van der Waals surface area contributed by atoms with E-state index in [0.717, 1.165) is 5.56 Å². The first kappa shape index (κ1) is 17.5. The maximum Gasteiger partial charge on any atom is 0.407 e. The lowest BCUT2D eigenvalue weighted by atomic mass is 10.2. The van der Waals surface area contributed by atoms with Crippen LogP contribution < -0.4 is 5.32 Å². The molecule has 1 aliphatic carbocycles. The van der Waals surface area contributed by atoms with Crippen LogP contribution in [0.5, 0.6) is 0 Å². The van der Waals surface area contributed by atoms with Gasteiger partial charge in [0.15, 0.2) is 6.10 Å². The molecule has 0 bridgehead atoms. The van der Waals surface area contributed by atoms with E-state index in [9.17, 15) is 13.2 Å². The number of thioether (sulfide) groups is 1. The van der Waals surface area contributed by atoms with Gasteiger partial charge in [-0.3, -0.25) is 4.55 Å². The van der Waals surface area contributed by atoms with Gasteiger partial charge in [-0.15, -0.1) is 0 Å². The molecule has 0 spiro atoms. The first-order valence-corrected chi connectivity index (χ1v) is 9.85. The van der Waals surface area contributed by atoms with E-state index in [1.54, 1.807) is 6.26 Å². The Bertz CT molecular complexity index is 696. The molecule has 1 aromatic carbocycles. The molecule has 3 rings (SSSR count). The topological polar surface area (TPSA) is 111 Å². The predicted octanol–water partition coefficient (Wildman–Crippen LogP) is 0.982. The number of fused-ring (bicyclic) bond motifs is 1. The molecule has 5 atom stereocenters. The zero-order chi connectivity index (χ0) is 17.3. The highest BCUT2D eigenvalue weighted by Crippen LogP contribution is 2.39. The second kappa shape index (κ2) is 6.89. The van der Waals surface area contributed by atoms with Crippen LogP contribution in [0.25, 0.3) is 0 Å². The summed E-state index contributed by atoms with van der Waals surface area (Å²) in [5.41, 5.74) is 0.879. The Morgan fingerprint density at radius 3 is 2.62 bits per heavy atom. The number of alkyl carbamates (subject to hydrolysis) is 1. The van der Waals surface area contributed by atoms with Crippen molar-refractivity contribution in [1.29, 1.82) is 0 Å². The van der Waals surface area contributed by atoms with Crippen molar-refractivity contribution in [2.24, 2.45) is 0 Å². The second-order valence-corrected chi connectivity index (χ2v) is 7.55. The molecule has 1 saturated carbocycles. The minimum absolute atomic E-state index is 0.193. The lowest BCUT2D eigenvalue weighted by molar-refractivity contribution is -0.0656. The van der Waals surface area contributed by atoms with Gasteiger partial charge in [0, 0.05) is 0 Å². The molecule has 1 aromatic rings. The van der Waals surface area contributed by atoms with Crippen molar-refractivity contribution in [3.8, 4) is 0 Å². The zero-order valence-electron chi connectivity index (χ0n) is 12.7. The van der Waals surface area contributed by atoms with Crippen LogP contribution in [0.3, 0.4) is 0 Å². The third-order valence-corrected chi connectivity index (χ3v) is 5.57. The van der Waals surface area contributed by atoms with E-state index in [4.69, 9.17) is 18.2 Å². The fraction of sp³-hybridized carbons (Fsp3) is 0.500.